The fraction of sp³-hybridized carbons (Fsp3) is 0.667. The Hall–Kier alpha value is -0.870. The van der Waals surface area contributed by atoms with Gasteiger partial charge < -0.3 is 10.2 Å². The molecular formula is C15H22N2OS. The molecule has 4 heteroatoms. The third-order valence-electron chi connectivity index (χ3n) is 4.91. The lowest BCUT2D eigenvalue weighted by atomic mass is 9.81. The van der Waals surface area contributed by atoms with Gasteiger partial charge in [0.05, 0.1) is 11.5 Å². The maximum absolute atomic E-state index is 13.0. The van der Waals surface area contributed by atoms with E-state index in [9.17, 15) is 4.79 Å². The van der Waals surface area contributed by atoms with E-state index in [0.717, 1.165) is 38.9 Å². The van der Waals surface area contributed by atoms with E-state index >= 15 is 0 Å². The third-order valence-corrected chi connectivity index (χ3v) is 5.91. The van der Waals surface area contributed by atoms with Crippen LogP contribution in [0.4, 0.5) is 0 Å². The van der Waals surface area contributed by atoms with E-state index in [1.165, 1.54) is 10.4 Å². The molecule has 0 spiro atoms. The van der Waals surface area contributed by atoms with Gasteiger partial charge in [-0.3, -0.25) is 4.79 Å². The first-order valence-electron chi connectivity index (χ1n) is 7.26. The summed E-state index contributed by atoms with van der Waals surface area (Å²) in [6, 6.07) is 2.43. The highest BCUT2D eigenvalue weighted by Crippen LogP contribution is 2.38. The number of carbonyl (C=O) groups is 1. The zero-order valence-electron chi connectivity index (χ0n) is 11.7. The van der Waals surface area contributed by atoms with Crippen LogP contribution in [0, 0.1) is 5.41 Å². The number of carbonyl (C=O) groups excluding carboxylic acids is 1. The lowest BCUT2D eigenvalue weighted by Crippen LogP contribution is -2.48. The van der Waals surface area contributed by atoms with Crippen LogP contribution in [0.15, 0.2) is 11.4 Å². The summed E-state index contributed by atoms with van der Waals surface area (Å²) in [5, 5.41) is 5.52. The Labute approximate surface area is 119 Å². The number of hydrogen-bond donors (Lipinski definition) is 1. The average Bonchev–Trinajstić information content (AvgIpc) is 3.08. The van der Waals surface area contributed by atoms with Crippen molar-refractivity contribution in [2.45, 2.75) is 39.2 Å². The van der Waals surface area contributed by atoms with Crippen LogP contribution in [-0.2, 0) is 11.2 Å². The lowest BCUT2D eigenvalue weighted by Gasteiger charge is -2.39. The van der Waals surface area contributed by atoms with Gasteiger partial charge in [-0.05, 0) is 49.7 Å². The van der Waals surface area contributed by atoms with Crippen LogP contribution in [0.25, 0.3) is 0 Å². The predicted molar refractivity (Wildman–Crippen MR) is 78.4 cm³/mol. The smallest absolute Gasteiger partial charge is 0.230 e. The molecule has 0 saturated carbocycles. The maximum Gasteiger partial charge on any atom is 0.230 e. The molecule has 104 valence electrons. The number of amides is 1. The minimum absolute atomic E-state index is 0.151. The van der Waals surface area contributed by atoms with Crippen molar-refractivity contribution in [3.8, 4) is 0 Å². The highest BCUT2D eigenvalue weighted by Gasteiger charge is 2.44. The Kier molecular flexibility index (Phi) is 3.39. The molecule has 2 atom stereocenters. The van der Waals surface area contributed by atoms with Gasteiger partial charge in [-0.25, -0.2) is 0 Å². The molecule has 1 aromatic rings. The first-order valence-corrected chi connectivity index (χ1v) is 8.14. The van der Waals surface area contributed by atoms with Crippen LogP contribution in [0.1, 0.15) is 43.2 Å². The Morgan fingerprint density at radius 1 is 1.63 bits per heavy atom. The van der Waals surface area contributed by atoms with E-state index in [-0.39, 0.29) is 11.5 Å². The first-order chi connectivity index (χ1) is 9.18. The normalized spacial score (nSPS) is 30.4. The molecule has 0 radical (unpaired) electrons. The van der Waals surface area contributed by atoms with E-state index in [0.29, 0.717) is 5.91 Å². The minimum atomic E-state index is -0.151. The van der Waals surface area contributed by atoms with Gasteiger partial charge in [0, 0.05) is 18.0 Å². The molecule has 3 rings (SSSR count). The SMILES string of the molecule is CCC1(C(=O)N2CCc3sccc3C2C)CCNC1. The molecule has 2 unspecified atom stereocenters. The molecule has 2 aliphatic rings. The number of fused-ring (bicyclic) bond motifs is 1. The molecule has 1 fully saturated rings. The van der Waals surface area contributed by atoms with Gasteiger partial charge in [0.25, 0.3) is 0 Å². The lowest BCUT2D eigenvalue weighted by molar-refractivity contribution is -0.144. The number of rotatable bonds is 2. The molecule has 0 aromatic carbocycles. The molecular weight excluding hydrogens is 256 g/mol. The van der Waals surface area contributed by atoms with Gasteiger partial charge in [-0.2, -0.15) is 0 Å². The van der Waals surface area contributed by atoms with E-state index in [1.807, 2.05) is 11.3 Å². The Morgan fingerprint density at radius 3 is 3.16 bits per heavy atom. The second-order valence-corrected chi connectivity index (χ2v) is 6.78. The molecule has 3 nitrogen and oxygen atoms in total. The van der Waals surface area contributed by atoms with Crippen LogP contribution in [0.2, 0.25) is 0 Å². The minimum Gasteiger partial charge on any atom is -0.335 e. The van der Waals surface area contributed by atoms with Gasteiger partial charge in [-0.1, -0.05) is 6.92 Å². The summed E-state index contributed by atoms with van der Waals surface area (Å²) in [5.41, 5.74) is 1.21. The van der Waals surface area contributed by atoms with Crippen molar-refractivity contribution in [2.24, 2.45) is 5.41 Å². The van der Waals surface area contributed by atoms with E-state index in [2.05, 4.69) is 35.5 Å². The van der Waals surface area contributed by atoms with Gasteiger partial charge in [0.15, 0.2) is 0 Å². The van der Waals surface area contributed by atoms with Crippen molar-refractivity contribution in [2.75, 3.05) is 19.6 Å². The van der Waals surface area contributed by atoms with Crippen LogP contribution in [-0.4, -0.2) is 30.4 Å². The summed E-state index contributed by atoms with van der Waals surface area (Å²) < 4.78 is 0. The summed E-state index contributed by atoms with van der Waals surface area (Å²) in [6.07, 6.45) is 2.96. The van der Waals surface area contributed by atoms with Crippen LogP contribution in [0.5, 0.6) is 0 Å². The third kappa shape index (κ3) is 2.01. The summed E-state index contributed by atoms with van der Waals surface area (Å²) >= 11 is 1.83. The molecule has 2 aliphatic heterocycles. The van der Waals surface area contributed by atoms with Crippen LogP contribution in [0.3, 0.4) is 0 Å². The zero-order valence-corrected chi connectivity index (χ0v) is 12.6. The molecule has 1 aromatic heterocycles. The van der Waals surface area contributed by atoms with Crippen LogP contribution < -0.4 is 5.32 Å². The van der Waals surface area contributed by atoms with Gasteiger partial charge in [0.1, 0.15) is 0 Å². The van der Waals surface area contributed by atoms with Gasteiger partial charge in [-0.15, -0.1) is 11.3 Å². The quantitative estimate of drug-likeness (QED) is 0.902. The monoisotopic (exact) mass is 278 g/mol. The molecule has 1 saturated heterocycles. The largest absolute Gasteiger partial charge is 0.335 e. The molecule has 19 heavy (non-hydrogen) atoms. The standard InChI is InChI=1S/C15H22N2OS/c1-3-15(6-7-16-10-15)14(18)17-8-4-13-12(11(17)2)5-9-19-13/h5,9,11,16H,3-4,6-8,10H2,1-2H3. The van der Waals surface area contributed by atoms with Crippen molar-refractivity contribution >= 4 is 17.2 Å². The summed E-state index contributed by atoms with van der Waals surface area (Å²) in [7, 11) is 0. The molecule has 1 amide bonds. The van der Waals surface area contributed by atoms with E-state index in [1.54, 1.807) is 0 Å². The van der Waals surface area contributed by atoms with Gasteiger partial charge >= 0.3 is 0 Å². The molecule has 1 N–H and O–H groups in total. The van der Waals surface area contributed by atoms with Crippen molar-refractivity contribution in [3.05, 3.63) is 21.9 Å². The Morgan fingerprint density at radius 2 is 2.47 bits per heavy atom. The topological polar surface area (TPSA) is 32.3 Å². The van der Waals surface area contributed by atoms with E-state index < -0.39 is 0 Å². The van der Waals surface area contributed by atoms with Crippen molar-refractivity contribution in [3.63, 3.8) is 0 Å². The summed E-state index contributed by atoms with van der Waals surface area (Å²) in [6.45, 7) is 7.03. The van der Waals surface area contributed by atoms with Crippen molar-refractivity contribution in [1.29, 1.82) is 0 Å². The highest BCUT2D eigenvalue weighted by atomic mass is 32.1. The number of thiophene rings is 1. The fourth-order valence-electron chi connectivity index (χ4n) is 3.47. The second kappa shape index (κ2) is 4.91. The summed E-state index contributed by atoms with van der Waals surface area (Å²) in [4.78, 5) is 16.6. The maximum atomic E-state index is 13.0. The fourth-order valence-corrected chi connectivity index (χ4v) is 4.43. The first kappa shape index (κ1) is 13.1. The summed E-state index contributed by atoms with van der Waals surface area (Å²) in [5.74, 6) is 0.365. The van der Waals surface area contributed by atoms with Crippen molar-refractivity contribution in [1.82, 2.24) is 10.2 Å². The predicted octanol–water partition coefficient (Wildman–Crippen LogP) is 2.58. The Balaban J connectivity index is 1.85. The number of nitrogens with one attached hydrogen (secondary N) is 1. The number of nitrogens with zero attached hydrogens (tertiary/aromatic N) is 1. The number of hydrogen-bond acceptors (Lipinski definition) is 3. The molecule has 0 bridgehead atoms. The van der Waals surface area contributed by atoms with Gasteiger partial charge in [0.2, 0.25) is 5.91 Å². The second-order valence-electron chi connectivity index (χ2n) is 5.78. The molecule has 0 aliphatic carbocycles. The zero-order chi connectivity index (χ0) is 13.5. The highest BCUT2D eigenvalue weighted by molar-refractivity contribution is 7.10. The van der Waals surface area contributed by atoms with Crippen molar-refractivity contribution < 1.29 is 4.79 Å². The average molecular weight is 278 g/mol. The Bertz CT molecular complexity index is 476. The van der Waals surface area contributed by atoms with Crippen LogP contribution >= 0.6 is 11.3 Å². The molecule has 3 heterocycles. The van der Waals surface area contributed by atoms with E-state index in [4.69, 9.17) is 0 Å².